The fourth-order valence-electron chi connectivity index (χ4n) is 8.64. The van der Waals surface area contributed by atoms with E-state index in [1.165, 1.54) is 38.5 Å². The van der Waals surface area contributed by atoms with E-state index < -0.39 is 5.60 Å². The first-order valence-electron chi connectivity index (χ1n) is 12.5. The third-order valence-electron chi connectivity index (χ3n) is 10.1. The van der Waals surface area contributed by atoms with Crippen molar-refractivity contribution in [3.05, 3.63) is 29.3 Å². The van der Waals surface area contributed by atoms with Crippen LogP contribution in [0, 0.1) is 40.9 Å². The Morgan fingerprint density at radius 1 is 1.00 bits per heavy atom. The predicted octanol–water partition coefficient (Wildman–Crippen LogP) is 6.50. The lowest BCUT2D eigenvalue weighted by atomic mass is 9.49. The summed E-state index contributed by atoms with van der Waals surface area (Å²) in [5.41, 5.74) is 0.661. The van der Waals surface area contributed by atoms with E-state index in [0.29, 0.717) is 11.7 Å². The molecule has 0 saturated heterocycles. The Kier molecular flexibility index (Phi) is 4.67. The second kappa shape index (κ2) is 7.12. The van der Waals surface area contributed by atoms with E-state index in [-0.39, 0.29) is 11.3 Å². The molecule has 3 nitrogen and oxygen atoms in total. The van der Waals surface area contributed by atoms with Crippen molar-refractivity contribution >= 4 is 27.3 Å². The van der Waals surface area contributed by atoms with Gasteiger partial charge in [0.1, 0.15) is 0 Å². The van der Waals surface area contributed by atoms with Gasteiger partial charge in [0.2, 0.25) is 0 Å². The fraction of sp³-hybridized carbons (Fsp3) is 0.704. The minimum Gasteiger partial charge on any atom is -0.390 e. The van der Waals surface area contributed by atoms with Crippen LogP contribution in [0.5, 0.6) is 0 Å². The van der Waals surface area contributed by atoms with E-state index in [0.717, 1.165) is 58.2 Å². The van der Waals surface area contributed by atoms with Crippen molar-refractivity contribution in [3.8, 4) is 0 Å². The number of aliphatic hydroxyl groups is 1. The van der Waals surface area contributed by atoms with Gasteiger partial charge in [-0.25, -0.2) is 4.98 Å². The third kappa shape index (κ3) is 3.15. The zero-order valence-electron chi connectivity index (χ0n) is 18.8. The van der Waals surface area contributed by atoms with E-state index in [1.54, 1.807) is 11.3 Å². The number of nitrogens with zero attached hydrogens (tertiary/aromatic N) is 1. The van der Waals surface area contributed by atoms with Crippen molar-refractivity contribution in [2.75, 3.05) is 0 Å². The number of carbonyl (C=O) groups is 1. The number of benzene rings is 1. The Hall–Kier alpha value is -1.26. The molecule has 4 heteroatoms. The largest absolute Gasteiger partial charge is 0.390 e. The molecule has 1 aromatic heterocycles. The minimum absolute atomic E-state index is 0.142. The summed E-state index contributed by atoms with van der Waals surface area (Å²) in [7, 11) is 0. The summed E-state index contributed by atoms with van der Waals surface area (Å²) in [5, 5.41) is 11.3. The summed E-state index contributed by atoms with van der Waals surface area (Å²) in [5.74, 6) is 4.28. The van der Waals surface area contributed by atoms with Gasteiger partial charge >= 0.3 is 0 Å². The van der Waals surface area contributed by atoms with Crippen molar-refractivity contribution in [1.82, 2.24) is 4.98 Å². The molecule has 1 aromatic carbocycles. The van der Waals surface area contributed by atoms with Crippen LogP contribution in [0.15, 0.2) is 24.3 Å². The van der Waals surface area contributed by atoms with Crippen LogP contribution in [0.1, 0.15) is 81.4 Å². The molecule has 0 aliphatic heterocycles. The first-order chi connectivity index (χ1) is 14.9. The Balaban J connectivity index is 1.24. The molecule has 2 aromatic rings. The maximum absolute atomic E-state index is 13.7. The van der Waals surface area contributed by atoms with Gasteiger partial charge in [-0.2, -0.15) is 0 Å². The summed E-state index contributed by atoms with van der Waals surface area (Å²) in [6.07, 6.45) is 10.5. The van der Waals surface area contributed by atoms with Crippen LogP contribution in [0.3, 0.4) is 0 Å². The Labute approximate surface area is 189 Å². The number of para-hydroxylation sites is 1. The zero-order chi connectivity index (χ0) is 21.4. The molecule has 166 valence electrons. The molecule has 0 amide bonds. The van der Waals surface area contributed by atoms with E-state index in [9.17, 15) is 9.90 Å². The topological polar surface area (TPSA) is 50.2 Å². The summed E-state index contributed by atoms with van der Waals surface area (Å²) < 4.78 is 1.13. The lowest BCUT2D eigenvalue weighted by molar-refractivity contribution is -0.0976. The maximum atomic E-state index is 13.7. The monoisotopic (exact) mass is 437 g/mol. The Bertz CT molecular complexity index is 979. The highest BCUT2D eigenvalue weighted by Gasteiger charge is 2.59. The number of carbonyl (C=O) groups excluding carboxylic acids is 1. The van der Waals surface area contributed by atoms with Crippen LogP contribution in [0.2, 0.25) is 0 Å². The van der Waals surface area contributed by atoms with Gasteiger partial charge in [0.05, 0.1) is 15.8 Å². The molecule has 0 spiro atoms. The van der Waals surface area contributed by atoms with Crippen molar-refractivity contribution in [2.45, 2.75) is 77.2 Å². The van der Waals surface area contributed by atoms with Crippen molar-refractivity contribution in [3.63, 3.8) is 0 Å². The Morgan fingerprint density at radius 2 is 1.81 bits per heavy atom. The molecule has 4 aliphatic rings. The molecule has 6 rings (SSSR count). The average molecular weight is 438 g/mol. The average Bonchev–Trinajstić information content (AvgIpc) is 3.33. The molecule has 31 heavy (non-hydrogen) atoms. The molecule has 4 saturated carbocycles. The van der Waals surface area contributed by atoms with E-state index in [4.69, 9.17) is 4.98 Å². The molecule has 1 unspecified atom stereocenters. The number of fused-ring (bicyclic) bond motifs is 6. The fourth-order valence-corrected chi connectivity index (χ4v) is 9.60. The van der Waals surface area contributed by atoms with Gasteiger partial charge in [0, 0.05) is 5.92 Å². The molecule has 0 radical (unpaired) electrons. The van der Waals surface area contributed by atoms with Gasteiger partial charge in [0.25, 0.3) is 0 Å². The standard InChI is InChI=1S/C27H35NO2S/c1-26(30)13-11-17-16(15-26)7-8-19-18(17)12-14-27(2)20(19)9-10-21(27)24(29)25-28-22-5-3-4-6-23(22)31-25/h3-6,16-21,30H,7-15H2,1-2H3/t16-,17+,18?,19-,20+,21-,26-,27+/m1/s1. The summed E-state index contributed by atoms with van der Waals surface area (Å²) >= 11 is 1.58. The van der Waals surface area contributed by atoms with Gasteiger partial charge in [-0.05, 0) is 112 Å². The van der Waals surface area contributed by atoms with Crippen LogP contribution in [-0.2, 0) is 0 Å². The SMILES string of the molecule is C[C@@]1(O)CC[C@@H]2C3CC[C@]4(C)[C@@H](C(=O)c5nc6ccccc6s5)CC[C@H]4[C@@H]3CC[C@@H]2C1. The number of ketones is 1. The van der Waals surface area contributed by atoms with Crippen LogP contribution in [0.4, 0.5) is 0 Å². The molecule has 4 fully saturated rings. The number of aromatic nitrogens is 1. The number of rotatable bonds is 2. The van der Waals surface area contributed by atoms with Gasteiger partial charge in [-0.15, -0.1) is 11.3 Å². The van der Waals surface area contributed by atoms with Crippen LogP contribution < -0.4 is 0 Å². The number of hydrogen-bond donors (Lipinski definition) is 1. The first-order valence-corrected chi connectivity index (χ1v) is 13.3. The quantitative estimate of drug-likeness (QED) is 0.546. The summed E-state index contributed by atoms with van der Waals surface area (Å²) in [6.45, 7) is 4.48. The molecule has 8 atom stereocenters. The van der Waals surface area contributed by atoms with Crippen molar-refractivity contribution in [2.24, 2.45) is 40.9 Å². The number of Topliss-reactive ketones (excluding diaryl/α,β-unsaturated/α-hetero) is 1. The van der Waals surface area contributed by atoms with E-state index in [1.807, 2.05) is 25.1 Å². The number of thiazole rings is 1. The summed E-state index contributed by atoms with van der Waals surface area (Å²) in [6, 6.07) is 8.14. The smallest absolute Gasteiger partial charge is 0.195 e. The van der Waals surface area contributed by atoms with Crippen LogP contribution in [0.25, 0.3) is 10.2 Å². The highest BCUT2D eigenvalue weighted by Crippen LogP contribution is 2.65. The maximum Gasteiger partial charge on any atom is 0.195 e. The Morgan fingerprint density at radius 3 is 2.65 bits per heavy atom. The van der Waals surface area contributed by atoms with Crippen molar-refractivity contribution in [1.29, 1.82) is 0 Å². The molecule has 0 bridgehead atoms. The predicted molar refractivity (Wildman–Crippen MR) is 125 cm³/mol. The first kappa shape index (κ1) is 20.4. The third-order valence-corrected chi connectivity index (χ3v) is 11.1. The van der Waals surface area contributed by atoms with Gasteiger partial charge in [0.15, 0.2) is 10.8 Å². The van der Waals surface area contributed by atoms with Crippen LogP contribution in [-0.4, -0.2) is 21.5 Å². The molecule has 1 N–H and O–H groups in total. The molecular weight excluding hydrogens is 402 g/mol. The second-order valence-electron chi connectivity index (χ2n) is 11.7. The van der Waals surface area contributed by atoms with Crippen LogP contribution >= 0.6 is 11.3 Å². The van der Waals surface area contributed by atoms with E-state index >= 15 is 0 Å². The molecule has 1 heterocycles. The van der Waals surface area contributed by atoms with E-state index in [2.05, 4.69) is 13.0 Å². The van der Waals surface area contributed by atoms with Gasteiger partial charge < -0.3 is 5.11 Å². The van der Waals surface area contributed by atoms with Crippen molar-refractivity contribution < 1.29 is 9.90 Å². The second-order valence-corrected chi connectivity index (χ2v) is 12.7. The van der Waals surface area contributed by atoms with Gasteiger partial charge in [-0.1, -0.05) is 19.1 Å². The highest BCUT2D eigenvalue weighted by molar-refractivity contribution is 7.20. The normalized spacial score (nSPS) is 44.5. The lowest BCUT2D eigenvalue weighted by Crippen LogP contribution is -2.51. The zero-order valence-corrected chi connectivity index (χ0v) is 19.7. The molecule has 4 aliphatic carbocycles. The minimum atomic E-state index is -0.445. The molecular formula is C27H35NO2S. The lowest BCUT2D eigenvalue weighted by Gasteiger charge is -2.56. The summed E-state index contributed by atoms with van der Waals surface area (Å²) in [4.78, 5) is 18.4. The van der Waals surface area contributed by atoms with Gasteiger partial charge in [-0.3, -0.25) is 4.79 Å². The number of hydrogen-bond acceptors (Lipinski definition) is 4. The highest BCUT2D eigenvalue weighted by atomic mass is 32.1.